The highest BCUT2D eigenvalue weighted by Crippen LogP contribution is 2.11. The standard InChI is InChI=1S/C12H14BrNO3/c1-14(8-12(16)17)7-6-11(15)9-2-4-10(13)5-3-9/h2-5H,6-8H2,1H3,(H,16,17). The molecule has 1 atom stereocenters. The first kappa shape index (κ1) is 13.9. The van der Waals surface area contributed by atoms with E-state index in [0.29, 0.717) is 18.5 Å². The van der Waals surface area contributed by atoms with E-state index < -0.39 is 5.97 Å². The minimum absolute atomic E-state index is 0.0233. The molecule has 0 aromatic heterocycles. The number of hydrogen-bond donors (Lipinski definition) is 1. The Morgan fingerprint density at radius 2 is 1.88 bits per heavy atom. The fraction of sp³-hybridized carbons (Fsp3) is 0.333. The van der Waals surface area contributed by atoms with Crippen molar-refractivity contribution in [2.45, 2.75) is 6.42 Å². The predicted octanol–water partition coefficient (Wildman–Crippen LogP) is -0.714. The minimum Gasteiger partial charge on any atom is -0.544 e. The summed E-state index contributed by atoms with van der Waals surface area (Å²) in [7, 11) is 1.73. The van der Waals surface area contributed by atoms with E-state index in [-0.39, 0.29) is 12.3 Å². The normalized spacial score (nSPS) is 12.1. The molecular weight excluding hydrogens is 286 g/mol. The maximum atomic E-state index is 11.8. The topological polar surface area (TPSA) is 61.6 Å². The molecule has 0 heterocycles. The van der Waals surface area contributed by atoms with Gasteiger partial charge in [-0.1, -0.05) is 28.1 Å². The van der Waals surface area contributed by atoms with Crippen molar-refractivity contribution in [2.75, 3.05) is 20.1 Å². The Balaban J connectivity index is 2.44. The zero-order valence-electron chi connectivity index (χ0n) is 9.53. The molecule has 0 saturated carbocycles. The Kier molecular flexibility index (Phi) is 5.31. The van der Waals surface area contributed by atoms with E-state index in [2.05, 4.69) is 15.9 Å². The van der Waals surface area contributed by atoms with Crippen LogP contribution in [0.15, 0.2) is 28.7 Å². The lowest BCUT2D eigenvalue weighted by molar-refractivity contribution is -0.873. The Morgan fingerprint density at radius 1 is 1.29 bits per heavy atom. The van der Waals surface area contributed by atoms with Crippen LogP contribution in [0.5, 0.6) is 0 Å². The van der Waals surface area contributed by atoms with Crippen LogP contribution >= 0.6 is 15.9 Å². The average molecular weight is 300 g/mol. The van der Waals surface area contributed by atoms with Gasteiger partial charge in [0.1, 0.15) is 6.54 Å². The minimum atomic E-state index is -1.10. The van der Waals surface area contributed by atoms with Gasteiger partial charge in [-0.05, 0) is 12.1 Å². The van der Waals surface area contributed by atoms with E-state index in [0.717, 1.165) is 9.37 Å². The predicted molar refractivity (Wildman–Crippen MR) is 64.7 cm³/mol. The highest BCUT2D eigenvalue weighted by atomic mass is 79.9. The van der Waals surface area contributed by atoms with Gasteiger partial charge in [-0.2, -0.15) is 0 Å². The van der Waals surface area contributed by atoms with Crippen molar-refractivity contribution in [1.82, 2.24) is 0 Å². The molecule has 1 aromatic carbocycles. The summed E-state index contributed by atoms with van der Waals surface area (Å²) in [6, 6.07) is 7.12. The van der Waals surface area contributed by atoms with Crippen molar-refractivity contribution >= 4 is 27.7 Å². The van der Waals surface area contributed by atoms with Crippen molar-refractivity contribution in [3.05, 3.63) is 34.3 Å². The van der Waals surface area contributed by atoms with Crippen LogP contribution in [0.4, 0.5) is 0 Å². The van der Waals surface area contributed by atoms with Crippen molar-refractivity contribution in [3.63, 3.8) is 0 Å². The summed E-state index contributed by atoms with van der Waals surface area (Å²) >= 11 is 3.30. The van der Waals surface area contributed by atoms with Crippen LogP contribution < -0.4 is 10.0 Å². The quantitative estimate of drug-likeness (QED) is 0.706. The zero-order valence-corrected chi connectivity index (χ0v) is 11.1. The maximum absolute atomic E-state index is 11.8. The lowest BCUT2D eigenvalue weighted by Gasteiger charge is -2.13. The van der Waals surface area contributed by atoms with Gasteiger partial charge >= 0.3 is 0 Å². The van der Waals surface area contributed by atoms with E-state index in [1.807, 2.05) is 12.1 Å². The highest BCUT2D eigenvalue weighted by Gasteiger charge is 2.09. The smallest absolute Gasteiger partial charge is 0.168 e. The molecule has 1 aromatic rings. The van der Waals surface area contributed by atoms with Crippen LogP contribution in [0.1, 0.15) is 16.8 Å². The summed E-state index contributed by atoms with van der Waals surface area (Å²) in [4.78, 5) is 22.9. The van der Waals surface area contributed by atoms with Gasteiger partial charge in [0.05, 0.1) is 26.0 Å². The number of benzene rings is 1. The molecule has 0 aliphatic rings. The van der Waals surface area contributed by atoms with Crippen molar-refractivity contribution in [3.8, 4) is 0 Å². The monoisotopic (exact) mass is 299 g/mol. The third-order valence-corrected chi connectivity index (χ3v) is 2.92. The number of nitrogens with one attached hydrogen (secondary N) is 1. The third-order valence-electron chi connectivity index (χ3n) is 2.39. The lowest BCUT2D eigenvalue weighted by Crippen LogP contribution is -3.10. The molecule has 0 aliphatic carbocycles. The van der Waals surface area contributed by atoms with Gasteiger partial charge in [0, 0.05) is 10.0 Å². The molecule has 0 saturated heterocycles. The van der Waals surface area contributed by atoms with Crippen molar-refractivity contribution in [1.29, 1.82) is 0 Å². The van der Waals surface area contributed by atoms with E-state index in [9.17, 15) is 14.7 Å². The van der Waals surface area contributed by atoms with Gasteiger partial charge in [-0.3, -0.25) is 4.79 Å². The average Bonchev–Trinajstić information content (AvgIpc) is 2.26. The Bertz CT molecular complexity index is 403. The molecule has 1 rings (SSSR count). The fourth-order valence-corrected chi connectivity index (χ4v) is 1.71. The number of halogens is 1. The second-order valence-corrected chi connectivity index (χ2v) is 4.85. The molecule has 0 aliphatic heterocycles. The fourth-order valence-electron chi connectivity index (χ4n) is 1.44. The molecule has 4 nitrogen and oxygen atoms in total. The number of hydrogen-bond acceptors (Lipinski definition) is 3. The summed E-state index contributed by atoms with van der Waals surface area (Å²) in [5, 5.41) is 10.3. The molecule has 92 valence electrons. The highest BCUT2D eigenvalue weighted by molar-refractivity contribution is 9.10. The molecule has 1 unspecified atom stereocenters. The second kappa shape index (κ2) is 6.51. The second-order valence-electron chi connectivity index (χ2n) is 3.94. The number of Topliss-reactive ketones (excluding diaryl/α,β-unsaturated/α-hetero) is 1. The van der Waals surface area contributed by atoms with Gasteiger partial charge in [0.2, 0.25) is 0 Å². The Labute approximate surface area is 108 Å². The van der Waals surface area contributed by atoms with Crippen molar-refractivity contribution in [2.24, 2.45) is 0 Å². The summed E-state index contributed by atoms with van der Waals surface area (Å²) in [6.07, 6.45) is 0.334. The Hall–Kier alpha value is -1.20. The van der Waals surface area contributed by atoms with Gasteiger partial charge in [-0.15, -0.1) is 0 Å². The number of carbonyl (C=O) groups is 2. The van der Waals surface area contributed by atoms with E-state index >= 15 is 0 Å². The number of aliphatic carboxylic acids is 1. The number of carbonyl (C=O) groups excluding carboxylic acids is 2. The number of rotatable bonds is 6. The van der Waals surface area contributed by atoms with E-state index in [4.69, 9.17) is 0 Å². The van der Waals surface area contributed by atoms with E-state index in [1.165, 1.54) is 0 Å². The molecule has 1 N–H and O–H groups in total. The van der Waals surface area contributed by atoms with Crippen LogP contribution in [0.3, 0.4) is 0 Å². The molecular formula is C12H14BrNO3. The van der Waals surface area contributed by atoms with Crippen LogP contribution in [-0.4, -0.2) is 31.9 Å². The van der Waals surface area contributed by atoms with Crippen LogP contribution in [0, 0.1) is 0 Å². The van der Waals surface area contributed by atoms with Gasteiger partial charge < -0.3 is 14.8 Å². The first-order valence-corrected chi connectivity index (χ1v) is 6.08. The van der Waals surface area contributed by atoms with Gasteiger partial charge in [-0.25, -0.2) is 0 Å². The molecule has 0 fully saturated rings. The van der Waals surface area contributed by atoms with Gasteiger partial charge in [0.25, 0.3) is 0 Å². The summed E-state index contributed by atoms with van der Waals surface area (Å²) in [6.45, 7) is 0.413. The molecule has 0 radical (unpaired) electrons. The number of carboxylic acid groups (broad SMARTS) is 1. The molecule has 17 heavy (non-hydrogen) atoms. The molecule has 0 bridgehead atoms. The maximum Gasteiger partial charge on any atom is 0.168 e. The third kappa shape index (κ3) is 5.10. The first-order valence-electron chi connectivity index (χ1n) is 5.29. The van der Waals surface area contributed by atoms with Crippen LogP contribution in [0.25, 0.3) is 0 Å². The zero-order chi connectivity index (χ0) is 12.8. The molecule has 5 heteroatoms. The summed E-state index contributed by atoms with van der Waals surface area (Å²) in [5.41, 5.74) is 0.648. The largest absolute Gasteiger partial charge is 0.544 e. The molecule has 0 spiro atoms. The van der Waals surface area contributed by atoms with Crippen LogP contribution in [0.2, 0.25) is 0 Å². The number of quaternary nitrogens is 1. The number of likely N-dealkylation sites (N-methyl/N-ethyl adjacent to an activating group) is 1. The number of ketones is 1. The SMILES string of the molecule is C[NH+](CCC(=O)c1ccc(Br)cc1)CC(=O)[O-]. The van der Waals surface area contributed by atoms with Gasteiger partial charge in [0.15, 0.2) is 5.78 Å². The molecule has 0 amide bonds. The summed E-state index contributed by atoms with van der Waals surface area (Å²) < 4.78 is 0.925. The van der Waals surface area contributed by atoms with Crippen molar-refractivity contribution < 1.29 is 19.6 Å². The number of carboxylic acids is 1. The lowest BCUT2D eigenvalue weighted by atomic mass is 10.1. The van der Waals surface area contributed by atoms with E-state index in [1.54, 1.807) is 19.2 Å². The van der Waals surface area contributed by atoms with Crippen LogP contribution in [-0.2, 0) is 4.79 Å². The summed E-state index contributed by atoms with van der Waals surface area (Å²) in [5.74, 6) is -1.08. The Morgan fingerprint density at radius 3 is 2.41 bits per heavy atom. The first-order chi connectivity index (χ1) is 7.99.